The molecule has 188 valence electrons. The summed E-state index contributed by atoms with van der Waals surface area (Å²) in [6, 6.07) is 1.87. The molecule has 0 bridgehead atoms. The normalized spacial score (nSPS) is 15.0. The number of anilines is 2. The van der Waals surface area contributed by atoms with E-state index in [1.165, 1.54) is 7.11 Å². The Balaban J connectivity index is 0.00000342. The van der Waals surface area contributed by atoms with Crippen LogP contribution < -0.4 is 15.0 Å². The van der Waals surface area contributed by atoms with Gasteiger partial charge in [0.1, 0.15) is 23.3 Å². The number of hydrogen-bond acceptors (Lipinski definition) is 6. The van der Waals surface area contributed by atoms with Crippen LogP contribution in [-0.4, -0.2) is 45.9 Å². The van der Waals surface area contributed by atoms with Gasteiger partial charge in [-0.2, -0.15) is 18.6 Å². The van der Waals surface area contributed by atoms with Crippen molar-refractivity contribution in [3.8, 4) is 5.75 Å². The van der Waals surface area contributed by atoms with Crippen molar-refractivity contribution in [1.29, 1.82) is 0 Å². The maximum atomic E-state index is 13.7. The smallest absolute Gasteiger partial charge is 0.247 e. The highest BCUT2D eigenvalue weighted by Crippen LogP contribution is 2.33. The van der Waals surface area contributed by atoms with E-state index in [2.05, 4.69) is 15.4 Å². The van der Waals surface area contributed by atoms with Gasteiger partial charge >= 0.3 is 0 Å². The minimum atomic E-state index is -0.952. The average molecular weight is 505 g/mol. The van der Waals surface area contributed by atoms with Crippen LogP contribution in [0.15, 0.2) is 24.5 Å². The molecular formula is C24H30F2N6O2S. The van der Waals surface area contributed by atoms with Gasteiger partial charge in [-0.3, -0.25) is 9.48 Å². The summed E-state index contributed by atoms with van der Waals surface area (Å²) in [5.74, 6) is -0.120. The number of benzene rings is 1. The number of methoxy groups -OCH3 is 1. The van der Waals surface area contributed by atoms with Crippen molar-refractivity contribution >= 4 is 30.9 Å². The first-order valence-electron chi connectivity index (χ1n) is 11.1. The van der Waals surface area contributed by atoms with Gasteiger partial charge < -0.3 is 15.0 Å². The molecule has 0 unspecified atom stereocenters. The number of nitrogens with zero attached hydrogens (tertiary/aromatic N) is 5. The lowest BCUT2D eigenvalue weighted by Gasteiger charge is -2.36. The second-order valence-electron chi connectivity index (χ2n) is 8.84. The van der Waals surface area contributed by atoms with Gasteiger partial charge in [0.05, 0.1) is 25.5 Å². The Hall–Kier alpha value is -3.21. The Morgan fingerprint density at radius 2 is 1.89 bits per heavy atom. The standard InChI is InChI=1S/C24H28F2N6O2.H2S/c1-13(2)22-24(33)30-21-14(3)28-20(29-23(21)31(22)4)7-6-15-10-27-32(11-15)12-16-8-17(25)18(26)9-19(16)34-5;/h8-11,13,22H,6-7,12H2,1-5H3,(H,30,33);1H2/t22-;/m0./s1. The molecular weight excluding hydrogens is 474 g/mol. The Labute approximate surface area is 210 Å². The number of carbonyl (C=O) groups is 1. The van der Waals surface area contributed by atoms with Gasteiger partial charge in [-0.1, -0.05) is 13.8 Å². The lowest BCUT2D eigenvalue weighted by Crippen LogP contribution is -2.49. The monoisotopic (exact) mass is 504 g/mol. The van der Waals surface area contributed by atoms with E-state index in [-0.39, 0.29) is 43.7 Å². The summed E-state index contributed by atoms with van der Waals surface area (Å²) in [4.78, 5) is 23.7. The summed E-state index contributed by atoms with van der Waals surface area (Å²) >= 11 is 0. The van der Waals surface area contributed by atoms with Crippen LogP contribution in [0.2, 0.25) is 0 Å². The number of rotatable bonds is 7. The number of carbonyl (C=O) groups excluding carboxylic acids is 1. The fourth-order valence-corrected chi connectivity index (χ4v) is 4.32. The molecule has 0 radical (unpaired) electrons. The van der Waals surface area contributed by atoms with Crippen molar-refractivity contribution in [2.24, 2.45) is 5.92 Å². The first-order valence-corrected chi connectivity index (χ1v) is 11.1. The van der Waals surface area contributed by atoms with E-state index in [4.69, 9.17) is 9.72 Å². The molecule has 1 N–H and O–H groups in total. The molecule has 2 aromatic heterocycles. The molecule has 35 heavy (non-hydrogen) atoms. The Morgan fingerprint density at radius 1 is 1.17 bits per heavy atom. The molecule has 1 aliphatic rings. The molecule has 0 saturated heterocycles. The van der Waals surface area contributed by atoms with Crippen molar-refractivity contribution in [3.05, 3.63) is 58.8 Å². The molecule has 1 aromatic carbocycles. The molecule has 0 aliphatic carbocycles. The van der Waals surface area contributed by atoms with Gasteiger partial charge in [0, 0.05) is 31.3 Å². The van der Waals surface area contributed by atoms with Gasteiger partial charge in [0.25, 0.3) is 0 Å². The van der Waals surface area contributed by atoms with Crippen LogP contribution in [0, 0.1) is 24.5 Å². The highest BCUT2D eigenvalue weighted by Gasteiger charge is 2.35. The molecule has 4 rings (SSSR count). The molecule has 1 aliphatic heterocycles. The zero-order valence-corrected chi connectivity index (χ0v) is 21.4. The van der Waals surface area contributed by atoms with Crippen molar-refractivity contribution < 1.29 is 18.3 Å². The number of likely N-dealkylation sites (N-methyl/N-ethyl adjacent to an activating group) is 1. The average Bonchev–Trinajstić information content (AvgIpc) is 3.22. The van der Waals surface area contributed by atoms with E-state index < -0.39 is 11.6 Å². The van der Waals surface area contributed by atoms with E-state index in [1.54, 1.807) is 10.9 Å². The molecule has 0 spiro atoms. The first-order chi connectivity index (χ1) is 16.2. The van der Waals surface area contributed by atoms with Crippen molar-refractivity contribution in [2.45, 2.75) is 46.2 Å². The quantitative estimate of drug-likeness (QED) is 0.529. The van der Waals surface area contributed by atoms with Gasteiger partial charge in [0.15, 0.2) is 17.5 Å². The molecule has 8 nitrogen and oxygen atoms in total. The van der Waals surface area contributed by atoms with E-state index in [9.17, 15) is 13.6 Å². The Kier molecular flexibility index (Phi) is 7.99. The van der Waals surface area contributed by atoms with Crippen molar-refractivity contribution in [3.63, 3.8) is 0 Å². The maximum absolute atomic E-state index is 13.7. The third-order valence-corrected chi connectivity index (χ3v) is 6.00. The first kappa shape index (κ1) is 26.4. The zero-order chi connectivity index (χ0) is 24.6. The second-order valence-corrected chi connectivity index (χ2v) is 8.84. The van der Waals surface area contributed by atoms with Crippen LogP contribution >= 0.6 is 13.5 Å². The molecule has 3 aromatic rings. The number of amides is 1. The summed E-state index contributed by atoms with van der Waals surface area (Å²) in [5.41, 5.74) is 2.83. The fourth-order valence-electron chi connectivity index (χ4n) is 4.32. The largest absolute Gasteiger partial charge is 0.496 e. The number of hydrogen-bond donors (Lipinski definition) is 1. The number of aryl methyl sites for hydroxylation is 3. The summed E-state index contributed by atoms with van der Waals surface area (Å²) in [7, 11) is 3.30. The fraction of sp³-hybridized carbons (Fsp3) is 0.417. The van der Waals surface area contributed by atoms with Crippen LogP contribution in [-0.2, 0) is 24.2 Å². The van der Waals surface area contributed by atoms with Crippen molar-refractivity contribution in [2.75, 3.05) is 24.4 Å². The van der Waals surface area contributed by atoms with Gasteiger partial charge in [-0.15, -0.1) is 0 Å². The zero-order valence-electron chi connectivity index (χ0n) is 20.4. The minimum absolute atomic E-state index is 0. The third kappa shape index (κ3) is 5.39. The van der Waals surface area contributed by atoms with Gasteiger partial charge in [-0.05, 0) is 30.9 Å². The van der Waals surface area contributed by atoms with E-state index in [1.807, 2.05) is 38.9 Å². The molecule has 11 heteroatoms. The lowest BCUT2D eigenvalue weighted by atomic mass is 9.99. The molecule has 0 saturated carbocycles. The molecule has 1 atom stereocenters. The predicted octanol–water partition coefficient (Wildman–Crippen LogP) is 3.63. The highest BCUT2D eigenvalue weighted by molar-refractivity contribution is 7.59. The summed E-state index contributed by atoms with van der Waals surface area (Å²) in [6.45, 7) is 6.12. The maximum Gasteiger partial charge on any atom is 0.247 e. The summed E-state index contributed by atoms with van der Waals surface area (Å²) in [5, 5.41) is 7.29. The highest BCUT2D eigenvalue weighted by atomic mass is 32.1. The SMILES string of the molecule is COc1cc(F)c(F)cc1Cn1cc(CCc2nc(C)c3c(n2)N(C)[C@@H](C(C)C)C(=O)N3)cn1.S. The molecule has 0 fully saturated rings. The number of fused-ring (bicyclic) bond motifs is 1. The van der Waals surface area contributed by atoms with Crippen LogP contribution in [0.4, 0.5) is 20.3 Å². The Morgan fingerprint density at radius 3 is 2.57 bits per heavy atom. The van der Waals surface area contributed by atoms with E-state index >= 15 is 0 Å². The summed E-state index contributed by atoms with van der Waals surface area (Å²) < 4.78 is 34.0. The van der Waals surface area contributed by atoms with Crippen molar-refractivity contribution in [1.82, 2.24) is 19.7 Å². The number of halogens is 2. The van der Waals surface area contributed by atoms with E-state index in [0.29, 0.717) is 29.9 Å². The van der Waals surface area contributed by atoms with E-state index in [0.717, 1.165) is 29.2 Å². The lowest BCUT2D eigenvalue weighted by molar-refractivity contribution is -0.118. The number of ether oxygens (including phenoxy) is 1. The topological polar surface area (TPSA) is 85.2 Å². The minimum Gasteiger partial charge on any atom is -0.496 e. The molecule has 3 heterocycles. The predicted molar refractivity (Wildman–Crippen MR) is 134 cm³/mol. The second kappa shape index (κ2) is 10.6. The van der Waals surface area contributed by atoms with Crippen LogP contribution in [0.5, 0.6) is 5.75 Å². The summed E-state index contributed by atoms with van der Waals surface area (Å²) in [6.07, 6.45) is 4.82. The van der Waals surface area contributed by atoms with Crippen LogP contribution in [0.1, 0.15) is 36.5 Å². The van der Waals surface area contributed by atoms with Crippen LogP contribution in [0.3, 0.4) is 0 Å². The van der Waals surface area contributed by atoms with Gasteiger partial charge in [0.2, 0.25) is 5.91 Å². The third-order valence-electron chi connectivity index (χ3n) is 6.00. The number of aromatic nitrogens is 4. The molecule has 1 amide bonds. The van der Waals surface area contributed by atoms with Gasteiger partial charge in [-0.25, -0.2) is 18.7 Å². The Bertz CT molecular complexity index is 1230. The number of nitrogens with one attached hydrogen (secondary N) is 1. The van der Waals surface area contributed by atoms with Crippen LogP contribution in [0.25, 0.3) is 0 Å².